The number of nitrogens with two attached hydrogens (primary N) is 2. The molecule has 5 N–H and O–H groups in total. The van der Waals surface area contributed by atoms with E-state index in [1.165, 1.54) is 0 Å². The molecular formula is C10H13N3O3. The van der Waals surface area contributed by atoms with Gasteiger partial charge in [0.15, 0.2) is 6.61 Å². The Hall–Kier alpha value is -2.24. The Morgan fingerprint density at radius 3 is 2.62 bits per heavy atom. The Labute approximate surface area is 92.6 Å². The highest BCUT2D eigenvalue weighted by Crippen LogP contribution is 2.19. The molecule has 0 aliphatic carbocycles. The second-order valence-electron chi connectivity index (χ2n) is 3.07. The van der Waals surface area contributed by atoms with Gasteiger partial charge in [0, 0.05) is 0 Å². The number of nitrogens with one attached hydrogen (secondary N) is 1. The molecule has 0 bridgehead atoms. The molecule has 2 amide bonds. The number of benzene rings is 1. The zero-order chi connectivity index (χ0) is 12.0. The van der Waals surface area contributed by atoms with Gasteiger partial charge in [-0.1, -0.05) is 12.1 Å². The predicted octanol–water partition coefficient (Wildman–Crippen LogP) is -0.751. The summed E-state index contributed by atoms with van der Waals surface area (Å²) in [5.41, 5.74) is 10.9. The Balaban J connectivity index is 2.37. The lowest BCUT2D eigenvalue weighted by atomic mass is 10.3. The lowest BCUT2D eigenvalue weighted by Gasteiger charge is -2.08. The number of carbonyl (C=O) groups is 2. The smallest absolute Gasteiger partial charge is 0.258 e. The summed E-state index contributed by atoms with van der Waals surface area (Å²) in [7, 11) is 0. The van der Waals surface area contributed by atoms with Crippen LogP contribution in [0.1, 0.15) is 0 Å². The van der Waals surface area contributed by atoms with E-state index < -0.39 is 11.8 Å². The molecule has 1 aromatic carbocycles. The third kappa shape index (κ3) is 3.87. The largest absolute Gasteiger partial charge is 0.482 e. The van der Waals surface area contributed by atoms with E-state index in [4.69, 9.17) is 16.2 Å². The molecule has 1 rings (SSSR count). The maximum atomic E-state index is 11.1. The van der Waals surface area contributed by atoms with Crippen LogP contribution in [0.2, 0.25) is 0 Å². The second-order valence-corrected chi connectivity index (χ2v) is 3.07. The molecule has 0 fully saturated rings. The standard InChI is InChI=1S/C10H13N3O3/c11-7-3-1-2-4-8(7)16-6-10(15)13-5-9(12)14/h1-4H,5-6,11H2,(H2,12,14)(H,13,15). The molecule has 0 radical (unpaired) electrons. The van der Waals surface area contributed by atoms with E-state index >= 15 is 0 Å². The summed E-state index contributed by atoms with van der Waals surface area (Å²) in [5.74, 6) is -0.605. The Bertz CT molecular complexity index is 393. The van der Waals surface area contributed by atoms with Crippen LogP contribution in [0.4, 0.5) is 5.69 Å². The number of primary amides is 1. The summed E-state index contributed by atoms with van der Waals surface area (Å²) in [5, 5.41) is 2.29. The normalized spacial score (nSPS) is 9.50. The molecule has 0 spiro atoms. The molecular weight excluding hydrogens is 210 g/mol. The first-order chi connectivity index (χ1) is 7.59. The number of hydrogen-bond donors (Lipinski definition) is 3. The van der Waals surface area contributed by atoms with Crippen LogP contribution in [0.3, 0.4) is 0 Å². The molecule has 0 heterocycles. The van der Waals surface area contributed by atoms with Gasteiger partial charge in [-0.15, -0.1) is 0 Å². The fourth-order valence-corrected chi connectivity index (χ4v) is 0.992. The van der Waals surface area contributed by atoms with E-state index in [1.54, 1.807) is 24.3 Å². The fourth-order valence-electron chi connectivity index (χ4n) is 0.992. The predicted molar refractivity (Wildman–Crippen MR) is 58.6 cm³/mol. The Morgan fingerprint density at radius 2 is 2.00 bits per heavy atom. The highest BCUT2D eigenvalue weighted by Gasteiger charge is 2.05. The van der Waals surface area contributed by atoms with Crippen LogP contribution in [-0.4, -0.2) is 25.0 Å². The fraction of sp³-hybridized carbons (Fsp3) is 0.200. The van der Waals surface area contributed by atoms with Gasteiger partial charge in [0.05, 0.1) is 12.2 Å². The average molecular weight is 223 g/mol. The van der Waals surface area contributed by atoms with E-state index in [1.807, 2.05) is 0 Å². The summed E-state index contributed by atoms with van der Waals surface area (Å²) < 4.78 is 5.14. The van der Waals surface area contributed by atoms with Crippen molar-refractivity contribution in [2.75, 3.05) is 18.9 Å². The minimum Gasteiger partial charge on any atom is -0.482 e. The van der Waals surface area contributed by atoms with Crippen LogP contribution in [0.15, 0.2) is 24.3 Å². The first kappa shape index (κ1) is 11.8. The van der Waals surface area contributed by atoms with E-state index in [9.17, 15) is 9.59 Å². The van der Waals surface area contributed by atoms with Crippen molar-refractivity contribution in [3.05, 3.63) is 24.3 Å². The van der Waals surface area contributed by atoms with Gasteiger partial charge in [-0.2, -0.15) is 0 Å². The maximum absolute atomic E-state index is 11.1. The van der Waals surface area contributed by atoms with Crippen molar-refractivity contribution in [3.8, 4) is 5.75 Å². The number of amides is 2. The maximum Gasteiger partial charge on any atom is 0.258 e. The number of ether oxygens (including phenoxy) is 1. The van der Waals surface area contributed by atoms with E-state index in [-0.39, 0.29) is 13.2 Å². The van der Waals surface area contributed by atoms with Gasteiger partial charge >= 0.3 is 0 Å². The number of anilines is 1. The molecule has 0 unspecified atom stereocenters. The summed E-state index contributed by atoms with van der Waals surface area (Å²) in [6, 6.07) is 6.82. The third-order valence-electron chi connectivity index (χ3n) is 1.74. The summed E-state index contributed by atoms with van der Waals surface area (Å²) >= 11 is 0. The van der Waals surface area contributed by atoms with Crippen LogP contribution in [0, 0.1) is 0 Å². The Kier molecular flexibility index (Phi) is 4.14. The molecule has 0 aliphatic rings. The van der Waals surface area contributed by atoms with E-state index in [2.05, 4.69) is 5.32 Å². The molecule has 16 heavy (non-hydrogen) atoms. The van der Waals surface area contributed by atoms with Crippen LogP contribution >= 0.6 is 0 Å². The molecule has 6 heteroatoms. The van der Waals surface area contributed by atoms with E-state index in [0.717, 1.165) is 0 Å². The molecule has 0 atom stereocenters. The van der Waals surface area contributed by atoms with Gasteiger partial charge in [-0.3, -0.25) is 9.59 Å². The molecule has 1 aromatic rings. The summed E-state index contributed by atoms with van der Waals surface area (Å²) in [4.78, 5) is 21.5. The lowest BCUT2D eigenvalue weighted by Crippen LogP contribution is -2.36. The van der Waals surface area contributed by atoms with Crippen LogP contribution in [0.5, 0.6) is 5.75 Å². The van der Waals surface area contributed by atoms with Crippen molar-refractivity contribution < 1.29 is 14.3 Å². The SMILES string of the molecule is NC(=O)CNC(=O)COc1ccccc1N. The average Bonchev–Trinajstić information content (AvgIpc) is 2.25. The minimum absolute atomic E-state index is 0.202. The van der Waals surface area contributed by atoms with Gasteiger partial charge in [0.25, 0.3) is 5.91 Å². The molecule has 0 saturated carbocycles. The first-order valence-corrected chi connectivity index (χ1v) is 4.62. The van der Waals surface area contributed by atoms with Gasteiger partial charge in [-0.25, -0.2) is 0 Å². The molecule has 0 aromatic heterocycles. The number of hydrogen-bond acceptors (Lipinski definition) is 4. The number of carbonyl (C=O) groups excluding carboxylic acids is 2. The first-order valence-electron chi connectivity index (χ1n) is 4.62. The van der Waals surface area contributed by atoms with Crippen LogP contribution < -0.4 is 21.5 Å². The van der Waals surface area contributed by atoms with Crippen molar-refractivity contribution in [3.63, 3.8) is 0 Å². The third-order valence-corrected chi connectivity index (χ3v) is 1.74. The van der Waals surface area contributed by atoms with Crippen molar-refractivity contribution >= 4 is 17.5 Å². The monoisotopic (exact) mass is 223 g/mol. The molecule has 0 saturated heterocycles. The second kappa shape index (κ2) is 5.59. The van der Waals surface area contributed by atoms with Crippen molar-refractivity contribution in [2.24, 2.45) is 5.73 Å². The zero-order valence-corrected chi connectivity index (χ0v) is 8.60. The number of rotatable bonds is 5. The summed E-state index contributed by atoms with van der Waals surface area (Å²) in [6.07, 6.45) is 0. The molecule has 6 nitrogen and oxygen atoms in total. The zero-order valence-electron chi connectivity index (χ0n) is 8.60. The van der Waals surface area contributed by atoms with Gasteiger partial charge in [0.2, 0.25) is 5.91 Å². The van der Waals surface area contributed by atoms with Gasteiger partial charge in [0.1, 0.15) is 5.75 Å². The van der Waals surface area contributed by atoms with Crippen molar-refractivity contribution in [1.82, 2.24) is 5.32 Å². The number of nitrogen functional groups attached to an aromatic ring is 1. The topological polar surface area (TPSA) is 107 Å². The molecule has 86 valence electrons. The quantitative estimate of drug-likeness (QED) is 0.571. The van der Waals surface area contributed by atoms with Crippen LogP contribution in [0.25, 0.3) is 0 Å². The van der Waals surface area contributed by atoms with Crippen LogP contribution in [-0.2, 0) is 9.59 Å². The van der Waals surface area contributed by atoms with Crippen molar-refractivity contribution in [1.29, 1.82) is 0 Å². The van der Waals surface area contributed by atoms with E-state index in [0.29, 0.717) is 11.4 Å². The Morgan fingerprint density at radius 1 is 1.31 bits per heavy atom. The highest BCUT2D eigenvalue weighted by molar-refractivity contribution is 5.84. The minimum atomic E-state index is -0.604. The summed E-state index contributed by atoms with van der Waals surface area (Å²) in [6.45, 7) is -0.409. The molecule has 0 aliphatic heterocycles. The van der Waals surface area contributed by atoms with Gasteiger partial charge in [-0.05, 0) is 12.1 Å². The highest BCUT2D eigenvalue weighted by atomic mass is 16.5. The van der Waals surface area contributed by atoms with Crippen molar-refractivity contribution in [2.45, 2.75) is 0 Å². The van der Waals surface area contributed by atoms with Gasteiger partial charge < -0.3 is 21.5 Å². The number of para-hydroxylation sites is 2. The lowest BCUT2D eigenvalue weighted by molar-refractivity contribution is -0.126.